The molecule has 1 amide bonds. The molecule has 1 N–H and O–H groups in total. The van der Waals surface area contributed by atoms with Crippen LogP contribution < -0.4 is 5.32 Å². The normalized spacial score (nSPS) is 24.7. The van der Waals surface area contributed by atoms with Crippen LogP contribution in [0.15, 0.2) is 23.6 Å². The molecule has 3 atom stereocenters. The molecule has 1 aromatic rings. The smallest absolute Gasteiger partial charge is 0.233 e. The fourth-order valence-corrected chi connectivity index (χ4v) is 3.12. The Morgan fingerprint density at radius 2 is 2.05 bits per heavy atom. The Morgan fingerprint density at radius 3 is 2.74 bits per heavy atom. The van der Waals surface area contributed by atoms with Crippen LogP contribution in [-0.4, -0.2) is 27.2 Å². The van der Waals surface area contributed by atoms with Gasteiger partial charge in [-0.1, -0.05) is 31.5 Å². The van der Waals surface area contributed by atoms with Crippen LogP contribution in [0, 0.1) is 5.92 Å². The number of hydrogen-bond donors (Lipinski definition) is 1. The molecule has 1 fully saturated rings. The summed E-state index contributed by atoms with van der Waals surface area (Å²) in [5, 5.41) is 3.67. The summed E-state index contributed by atoms with van der Waals surface area (Å²) < 4.78 is 0. The zero-order valence-corrected chi connectivity index (χ0v) is 12.3. The Morgan fingerprint density at radius 1 is 1.37 bits per heavy atom. The Hall–Kier alpha value is -1.10. The second-order valence-electron chi connectivity index (χ2n) is 5.17. The van der Waals surface area contributed by atoms with Crippen molar-refractivity contribution in [2.24, 2.45) is 5.92 Å². The van der Waals surface area contributed by atoms with E-state index in [0.29, 0.717) is 17.1 Å². The highest BCUT2D eigenvalue weighted by Crippen LogP contribution is 2.25. The minimum absolute atomic E-state index is 0.0937. The summed E-state index contributed by atoms with van der Waals surface area (Å²) in [4.78, 5) is 20.4. The molecule has 0 spiro atoms. The van der Waals surface area contributed by atoms with Crippen molar-refractivity contribution in [3.63, 3.8) is 0 Å². The molecule has 1 aliphatic carbocycles. The van der Waals surface area contributed by atoms with E-state index in [9.17, 15) is 4.79 Å². The number of carbonyl (C=O) groups excluding carboxylic acids is 1. The van der Waals surface area contributed by atoms with Crippen molar-refractivity contribution in [2.75, 3.05) is 0 Å². The van der Waals surface area contributed by atoms with Gasteiger partial charge in [0.25, 0.3) is 0 Å². The third kappa shape index (κ3) is 4.20. The Kier molecular flexibility index (Phi) is 5.19. The summed E-state index contributed by atoms with van der Waals surface area (Å²) in [6.45, 7) is 4.13. The molecule has 0 aromatic carbocycles. The van der Waals surface area contributed by atoms with Gasteiger partial charge in [-0.15, -0.1) is 0 Å². The van der Waals surface area contributed by atoms with E-state index in [1.54, 1.807) is 18.5 Å². The van der Waals surface area contributed by atoms with Crippen LogP contribution in [0.5, 0.6) is 0 Å². The van der Waals surface area contributed by atoms with E-state index in [4.69, 9.17) is 0 Å². The molecule has 1 saturated carbocycles. The molecule has 1 aromatic heterocycles. The van der Waals surface area contributed by atoms with Gasteiger partial charge in [0.1, 0.15) is 0 Å². The second-order valence-corrected chi connectivity index (χ2v) is 6.48. The quantitative estimate of drug-likeness (QED) is 0.680. The van der Waals surface area contributed by atoms with Crippen molar-refractivity contribution in [1.29, 1.82) is 0 Å². The first kappa shape index (κ1) is 14.3. The molecule has 0 unspecified atom stereocenters. The Balaban J connectivity index is 1.85. The van der Waals surface area contributed by atoms with Crippen LogP contribution >= 0.6 is 11.8 Å². The fraction of sp³-hybridized carbons (Fsp3) is 0.643. The highest BCUT2D eigenvalue weighted by molar-refractivity contribution is 8.00. The molecular formula is C14H21N3OS. The van der Waals surface area contributed by atoms with E-state index >= 15 is 0 Å². The zero-order chi connectivity index (χ0) is 13.7. The van der Waals surface area contributed by atoms with E-state index in [0.717, 1.165) is 6.42 Å². The maximum atomic E-state index is 12.2. The monoisotopic (exact) mass is 279 g/mol. The number of nitrogens with one attached hydrogen (secondary N) is 1. The minimum atomic E-state index is -0.156. The molecule has 0 bridgehead atoms. The maximum Gasteiger partial charge on any atom is 0.233 e. The predicted octanol–water partition coefficient (Wildman–Crippen LogP) is 2.65. The van der Waals surface area contributed by atoms with Gasteiger partial charge in [0.2, 0.25) is 5.91 Å². The highest BCUT2D eigenvalue weighted by atomic mass is 32.2. The molecular weight excluding hydrogens is 258 g/mol. The molecule has 5 heteroatoms. The van der Waals surface area contributed by atoms with Crippen LogP contribution in [0.25, 0.3) is 0 Å². The first-order chi connectivity index (χ1) is 9.16. The Bertz CT molecular complexity index is 412. The summed E-state index contributed by atoms with van der Waals surface area (Å²) in [7, 11) is 0. The van der Waals surface area contributed by atoms with Crippen LogP contribution in [0.1, 0.15) is 39.5 Å². The predicted molar refractivity (Wildman–Crippen MR) is 76.9 cm³/mol. The molecule has 0 radical (unpaired) electrons. The van der Waals surface area contributed by atoms with Crippen molar-refractivity contribution in [2.45, 2.75) is 56.0 Å². The van der Waals surface area contributed by atoms with Crippen molar-refractivity contribution in [3.8, 4) is 0 Å². The lowest BCUT2D eigenvalue weighted by atomic mass is 9.86. The van der Waals surface area contributed by atoms with Crippen LogP contribution in [0.3, 0.4) is 0 Å². The third-order valence-corrected chi connectivity index (χ3v) is 4.62. The molecule has 1 aliphatic rings. The van der Waals surface area contributed by atoms with E-state index < -0.39 is 0 Å². The number of amides is 1. The first-order valence-electron chi connectivity index (χ1n) is 6.91. The standard InChI is InChI=1S/C14H21N3OS/c1-10-6-3-4-7-12(10)17-13(18)11(2)19-14-15-8-5-9-16-14/h5,8-12H,3-4,6-7H2,1-2H3,(H,17,18)/t10-,11+,12+/m0/s1. The maximum absolute atomic E-state index is 12.2. The van der Waals surface area contributed by atoms with Crippen molar-refractivity contribution < 1.29 is 4.79 Å². The van der Waals surface area contributed by atoms with Crippen LogP contribution in [0.4, 0.5) is 0 Å². The summed E-state index contributed by atoms with van der Waals surface area (Å²) in [6, 6.07) is 2.11. The van der Waals surface area contributed by atoms with Crippen LogP contribution in [-0.2, 0) is 4.79 Å². The van der Waals surface area contributed by atoms with E-state index in [-0.39, 0.29) is 11.2 Å². The lowest BCUT2D eigenvalue weighted by molar-refractivity contribution is -0.121. The van der Waals surface area contributed by atoms with E-state index in [1.165, 1.54) is 31.0 Å². The molecule has 2 rings (SSSR count). The van der Waals surface area contributed by atoms with Crippen molar-refractivity contribution >= 4 is 17.7 Å². The summed E-state index contributed by atoms with van der Waals surface area (Å²) in [5.74, 6) is 0.680. The molecule has 4 nitrogen and oxygen atoms in total. The van der Waals surface area contributed by atoms with Crippen LogP contribution in [0.2, 0.25) is 0 Å². The van der Waals surface area contributed by atoms with Gasteiger partial charge in [0.05, 0.1) is 5.25 Å². The van der Waals surface area contributed by atoms with Gasteiger partial charge in [-0.05, 0) is 31.7 Å². The van der Waals surface area contributed by atoms with Gasteiger partial charge in [-0.3, -0.25) is 4.79 Å². The topological polar surface area (TPSA) is 54.9 Å². The summed E-state index contributed by atoms with van der Waals surface area (Å²) in [5.41, 5.74) is 0. The van der Waals surface area contributed by atoms with Gasteiger partial charge in [-0.2, -0.15) is 0 Å². The molecule has 104 valence electrons. The first-order valence-corrected chi connectivity index (χ1v) is 7.79. The van der Waals surface area contributed by atoms with Gasteiger partial charge in [0.15, 0.2) is 5.16 Å². The number of rotatable bonds is 4. The number of carbonyl (C=O) groups is 1. The number of nitrogens with zero attached hydrogens (tertiary/aromatic N) is 2. The highest BCUT2D eigenvalue weighted by Gasteiger charge is 2.25. The number of hydrogen-bond acceptors (Lipinski definition) is 4. The summed E-state index contributed by atoms with van der Waals surface area (Å²) in [6.07, 6.45) is 8.22. The zero-order valence-electron chi connectivity index (χ0n) is 11.5. The van der Waals surface area contributed by atoms with Gasteiger partial charge < -0.3 is 5.32 Å². The van der Waals surface area contributed by atoms with Gasteiger partial charge in [-0.25, -0.2) is 9.97 Å². The lowest BCUT2D eigenvalue weighted by Crippen LogP contribution is -2.44. The molecule has 0 saturated heterocycles. The molecule has 19 heavy (non-hydrogen) atoms. The minimum Gasteiger partial charge on any atom is -0.352 e. The molecule has 1 heterocycles. The number of thioether (sulfide) groups is 1. The average molecular weight is 279 g/mol. The van der Waals surface area contributed by atoms with E-state index in [1.807, 2.05) is 6.92 Å². The molecule has 0 aliphatic heterocycles. The van der Waals surface area contributed by atoms with Gasteiger partial charge in [0, 0.05) is 18.4 Å². The fourth-order valence-electron chi connectivity index (χ4n) is 2.39. The van der Waals surface area contributed by atoms with Crippen molar-refractivity contribution in [3.05, 3.63) is 18.5 Å². The summed E-state index contributed by atoms with van der Waals surface area (Å²) >= 11 is 1.41. The van der Waals surface area contributed by atoms with E-state index in [2.05, 4.69) is 22.2 Å². The van der Waals surface area contributed by atoms with Gasteiger partial charge >= 0.3 is 0 Å². The number of aromatic nitrogens is 2. The third-order valence-electron chi connectivity index (χ3n) is 3.63. The second kappa shape index (κ2) is 6.89. The SMILES string of the molecule is C[C@@H](Sc1ncccn1)C(=O)N[C@@H]1CCCC[C@@H]1C. The Labute approximate surface area is 118 Å². The van der Waals surface area contributed by atoms with Crippen molar-refractivity contribution in [1.82, 2.24) is 15.3 Å². The lowest BCUT2D eigenvalue weighted by Gasteiger charge is -2.30. The largest absolute Gasteiger partial charge is 0.352 e. The average Bonchev–Trinajstić information content (AvgIpc) is 2.42.